The van der Waals surface area contributed by atoms with Crippen molar-refractivity contribution in [2.45, 2.75) is 44.7 Å². The molecule has 0 spiro atoms. The van der Waals surface area contributed by atoms with Crippen LogP contribution in [0.3, 0.4) is 0 Å². The molecule has 0 bridgehead atoms. The van der Waals surface area contributed by atoms with Gasteiger partial charge in [-0.05, 0) is 32.7 Å². The third kappa shape index (κ3) is 7.74. The highest BCUT2D eigenvalue weighted by Gasteiger charge is 2.15. The smallest absolute Gasteiger partial charge is 0.300 e. The molecule has 0 aromatic carbocycles. The van der Waals surface area contributed by atoms with Crippen LogP contribution >= 0.6 is 0 Å². The summed E-state index contributed by atoms with van der Waals surface area (Å²) in [5.41, 5.74) is 5.72. The molecule has 1 rings (SSSR count). The van der Waals surface area contributed by atoms with Gasteiger partial charge in [0.1, 0.15) is 0 Å². The summed E-state index contributed by atoms with van der Waals surface area (Å²) < 4.78 is 0. The molecule has 4 heteroatoms. The number of carbonyl (C=O) groups is 1. The second-order valence-corrected chi connectivity index (χ2v) is 3.42. The summed E-state index contributed by atoms with van der Waals surface area (Å²) in [4.78, 5) is 9.00. The lowest BCUT2D eigenvalue weighted by atomic mass is 9.92. The molecule has 0 heterocycles. The average Bonchev–Trinajstić information content (AvgIpc) is 2.05. The van der Waals surface area contributed by atoms with Crippen LogP contribution in [0.2, 0.25) is 0 Å². The minimum atomic E-state index is -0.833. The Morgan fingerprint density at radius 2 is 1.77 bits per heavy atom. The Hall–Kier alpha value is -0.610. The lowest BCUT2D eigenvalue weighted by molar-refractivity contribution is -0.134. The number of hydrogen-bond donors (Lipinski definition) is 3. The first kappa shape index (κ1) is 12.4. The van der Waals surface area contributed by atoms with Crippen LogP contribution in [0.1, 0.15) is 32.6 Å². The van der Waals surface area contributed by atoms with Crippen LogP contribution in [-0.2, 0) is 4.79 Å². The van der Waals surface area contributed by atoms with Crippen LogP contribution in [0.4, 0.5) is 0 Å². The van der Waals surface area contributed by atoms with Crippen molar-refractivity contribution in [3.8, 4) is 0 Å². The molecular formula is C9H20N2O2. The summed E-state index contributed by atoms with van der Waals surface area (Å²) in [6.45, 7) is 1.08. The van der Waals surface area contributed by atoms with Crippen LogP contribution in [0, 0.1) is 0 Å². The van der Waals surface area contributed by atoms with Gasteiger partial charge < -0.3 is 16.2 Å². The Labute approximate surface area is 79.5 Å². The lowest BCUT2D eigenvalue weighted by Crippen LogP contribution is -2.35. The third-order valence-corrected chi connectivity index (χ3v) is 2.18. The van der Waals surface area contributed by atoms with Gasteiger partial charge in [-0.15, -0.1) is 0 Å². The number of aliphatic carboxylic acids is 1. The maximum atomic E-state index is 9.00. The molecule has 1 saturated carbocycles. The molecule has 1 fully saturated rings. The Kier molecular flexibility index (Phi) is 6.54. The van der Waals surface area contributed by atoms with E-state index in [2.05, 4.69) is 5.32 Å². The van der Waals surface area contributed by atoms with Crippen molar-refractivity contribution in [3.05, 3.63) is 0 Å². The number of carboxylic acids is 1. The highest BCUT2D eigenvalue weighted by atomic mass is 16.4. The fraction of sp³-hybridized carbons (Fsp3) is 0.889. The molecule has 0 radical (unpaired) electrons. The van der Waals surface area contributed by atoms with Gasteiger partial charge in [0.05, 0.1) is 0 Å². The van der Waals surface area contributed by atoms with Crippen LogP contribution in [-0.4, -0.2) is 30.2 Å². The van der Waals surface area contributed by atoms with Gasteiger partial charge in [0.25, 0.3) is 5.97 Å². The molecule has 0 aliphatic heterocycles. The molecule has 1 aliphatic carbocycles. The molecule has 0 atom stereocenters. The molecule has 0 saturated heterocycles. The van der Waals surface area contributed by atoms with E-state index in [4.69, 9.17) is 15.6 Å². The standard InChI is InChI=1S/C7H16N2.C2H4O2/c1-9-7-4-2-6(8)3-5-7;1-2(3)4/h6-7,9H,2-5,8H2,1H3;1H3,(H,3,4). The number of nitrogens with two attached hydrogens (primary N) is 1. The van der Waals surface area contributed by atoms with Crippen LogP contribution in [0.25, 0.3) is 0 Å². The van der Waals surface area contributed by atoms with Crippen molar-refractivity contribution in [2.24, 2.45) is 5.73 Å². The van der Waals surface area contributed by atoms with E-state index in [0.717, 1.165) is 13.0 Å². The fourth-order valence-electron chi connectivity index (χ4n) is 1.41. The van der Waals surface area contributed by atoms with Gasteiger partial charge in [-0.25, -0.2) is 0 Å². The summed E-state index contributed by atoms with van der Waals surface area (Å²) >= 11 is 0. The van der Waals surface area contributed by atoms with Gasteiger partial charge >= 0.3 is 0 Å². The molecule has 0 aromatic heterocycles. The molecule has 1 aliphatic rings. The van der Waals surface area contributed by atoms with Crippen molar-refractivity contribution in [1.82, 2.24) is 5.32 Å². The molecule has 13 heavy (non-hydrogen) atoms. The van der Waals surface area contributed by atoms with Gasteiger partial charge in [0.2, 0.25) is 0 Å². The van der Waals surface area contributed by atoms with Crippen molar-refractivity contribution < 1.29 is 9.90 Å². The maximum Gasteiger partial charge on any atom is 0.300 e. The van der Waals surface area contributed by atoms with Gasteiger partial charge in [0.15, 0.2) is 0 Å². The fourth-order valence-corrected chi connectivity index (χ4v) is 1.41. The summed E-state index contributed by atoms with van der Waals surface area (Å²) in [5.74, 6) is -0.833. The van der Waals surface area contributed by atoms with Gasteiger partial charge in [0, 0.05) is 19.0 Å². The maximum absolute atomic E-state index is 9.00. The monoisotopic (exact) mass is 188 g/mol. The lowest BCUT2D eigenvalue weighted by Gasteiger charge is -2.25. The minimum absolute atomic E-state index is 0.481. The first-order chi connectivity index (χ1) is 6.06. The zero-order valence-corrected chi connectivity index (χ0v) is 8.42. The summed E-state index contributed by atoms with van der Waals surface area (Å²) in [7, 11) is 2.03. The van der Waals surface area contributed by atoms with Crippen LogP contribution < -0.4 is 11.1 Å². The zero-order valence-electron chi connectivity index (χ0n) is 8.42. The van der Waals surface area contributed by atoms with E-state index < -0.39 is 5.97 Å². The summed E-state index contributed by atoms with van der Waals surface area (Å²) in [5, 5.41) is 10.7. The highest BCUT2D eigenvalue weighted by molar-refractivity contribution is 5.62. The number of nitrogens with one attached hydrogen (secondary N) is 1. The van der Waals surface area contributed by atoms with Crippen molar-refractivity contribution in [2.75, 3.05) is 7.05 Å². The van der Waals surface area contributed by atoms with E-state index in [1.807, 2.05) is 7.05 Å². The molecule has 0 unspecified atom stereocenters. The Balaban J connectivity index is 0.000000310. The molecular weight excluding hydrogens is 168 g/mol. The number of hydrogen-bond acceptors (Lipinski definition) is 3. The SMILES string of the molecule is CC(=O)O.CNC1CCC(N)CC1. The summed E-state index contributed by atoms with van der Waals surface area (Å²) in [6, 6.07) is 1.22. The van der Waals surface area contributed by atoms with Gasteiger partial charge in [-0.3, -0.25) is 4.79 Å². The molecule has 4 N–H and O–H groups in total. The Morgan fingerprint density at radius 1 is 1.38 bits per heavy atom. The van der Waals surface area contributed by atoms with E-state index in [1.165, 1.54) is 25.7 Å². The first-order valence-electron chi connectivity index (χ1n) is 4.68. The molecule has 0 aromatic rings. The Morgan fingerprint density at radius 3 is 2.08 bits per heavy atom. The number of carboxylic acid groups (broad SMARTS) is 1. The zero-order chi connectivity index (χ0) is 10.3. The normalized spacial score (nSPS) is 27.3. The second kappa shape index (κ2) is 6.86. The first-order valence-corrected chi connectivity index (χ1v) is 4.68. The van der Waals surface area contributed by atoms with E-state index in [9.17, 15) is 0 Å². The molecule has 0 amide bonds. The van der Waals surface area contributed by atoms with E-state index in [0.29, 0.717) is 6.04 Å². The third-order valence-electron chi connectivity index (χ3n) is 2.18. The van der Waals surface area contributed by atoms with Crippen molar-refractivity contribution >= 4 is 5.97 Å². The van der Waals surface area contributed by atoms with E-state index in [1.54, 1.807) is 0 Å². The molecule has 4 nitrogen and oxygen atoms in total. The van der Waals surface area contributed by atoms with E-state index >= 15 is 0 Å². The highest BCUT2D eigenvalue weighted by Crippen LogP contribution is 2.15. The van der Waals surface area contributed by atoms with Crippen molar-refractivity contribution in [1.29, 1.82) is 0 Å². The number of rotatable bonds is 1. The molecule has 78 valence electrons. The predicted octanol–water partition coefficient (Wildman–Crippen LogP) is 0.567. The Bertz CT molecular complexity index is 139. The summed E-state index contributed by atoms with van der Waals surface area (Å²) in [6.07, 6.45) is 4.92. The minimum Gasteiger partial charge on any atom is -0.481 e. The van der Waals surface area contributed by atoms with Crippen molar-refractivity contribution in [3.63, 3.8) is 0 Å². The van der Waals surface area contributed by atoms with E-state index in [-0.39, 0.29) is 0 Å². The quantitative estimate of drug-likeness (QED) is 0.562. The van der Waals surface area contributed by atoms with Crippen LogP contribution in [0.15, 0.2) is 0 Å². The predicted molar refractivity (Wildman–Crippen MR) is 52.6 cm³/mol. The van der Waals surface area contributed by atoms with Gasteiger partial charge in [-0.1, -0.05) is 0 Å². The largest absolute Gasteiger partial charge is 0.481 e. The second-order valence-electron chi connectivity index (χ2n) is 3.42. The topological polar surface area (TPSA) is 75.3 Å². The average molecular weight is 188 g/mol. The van der Waals surface area contributed by atoms with Crippen LogP contribution in [0.5, 0.6) is 0 Å². The van der Waals surface area contributed by atoms with Gasteiger partial charge in [-0.2, -0.15) is 0 Å².